The second kappa shape index (κ2) is 5.49. The molecule has 5 nitrogen and oxygen atoms in total. The molecular formula is C12H22N2O3. The van der Waals surface area contributed by atoms with Gasteiger partial charge >= 0.3 is 5.97 Å². The number of hydrogen-bond donors (Lipinski definition) is 2. The molecule has 0 aromatic heterocycles. The van der Waals surface area contributed by atoms with Crippen molar-refractivity contribution in [3.63, 3.8) is 0 Å². The van der Waals surface area contributed by atoms with Crippen LogP contribution in [0.4, 0.5) is 0 Å². The van der Waals surface area contributed by atoms with Crippen LogP contribution < -0.4 is 5.32 Å². The third-order valence-corrected chi connectivity index (χ3v) is 3.20. The van der Waals surface area contributed by atoms with Crippen LogP contribution in [0.25, 0.3) is 0 Å². The van der Waals surface area contributed by atoms with Crippen molar-refractivity contribution in [3.8, 4) is 0 Å². The number of likely N-dealkylation sites (tertiary alicyclic amines) is 1. The van der Waals surface area contributed by atoms with E-state index in [1.54, 1.807) is 4.90 Å². The first-order chi connectivity index (χ1) is 7.88. The van der Waals surface area contributed by atoms with E-state index in [0.29, 0.717) is 6.54 Å². The van der Waals surface area contributed by atoms with Crippen LogP contribution >= 0.6 is 0 Å². The zero-order chi connectivity index (χ0) is 13.1. The van der Waals surface area contributed by atoms with Crippen LogP contribution in [0.2, 0.25) is 0 Å². The van der Waals surface area contributed by atoms with E-state index >= 15 is 0 Å². The summed E-state index contributed by atoms with van der Waals surface area (Å²) in [5, 5.41) is 12.0. The van der Waals surface area contributed by atoms with Crippen molar-refractivity contribution >= 4 is 11.9 Å². The number of rotatable bonds is 5. The third-order valence-electron chi connectivity index (χ3n) is 3.20. The summed E-state index contributed by atoms with van der Waals surface area (Å²) in [6.45, 7) is 7.03. The number of nitrogens with zero attached hydrogens (tertiary/aromatic N) is 1. The number of aliphatic carboxylic acids is 1. The second-order valence-electron chi connectivity index (χ2n) is 5.05. The van der Waals surface area contributed by atoms with Gasteiger partial charge in [0, 0.05) is 12.6 Å². The highest BCUT2D eigenvalue weighted by Gasteiger charge is 2.37. The monoisotopic (exact) mass is 242 g/mol. The van der Waals surface area contributed by atoms with Gasteiger partial charge in [-0.15, -0.1) is 0 Å². The number of likely N-dealkylation sites (N-methyl/N-ethyl adjacent to an activating group) is 1. The van der Waals surface area contributed by atoms with Gasteiger partial charge in [-0.2, -0.15) is 0 Å². The second-order valence-corrected chi connectivity index (χ2v) is 5.05. The van der Waals surface area contributed by atoms with Crippen molar-refractivity contribution in [2.24, 2.45) is 0 Å². The first-order valence-corrected chi connectivity index (χ1v) is 6.16. The molecule has 98 valence electrons. The summed E-state index contributed by atoms with van der Waals surface area (Å²) in [6, 6.07) is -0.141. The Labute approximate surface area is 102 Å². The highest BCUT2D eigenvalue weighted by molar-refractivity contribution is 5.86. The van der Waals surface area contributed by atoms with Gasteiger partial charge in [0.15, 0.2) is 0 Å². The number of carboxylic acid groups (broad SMARTS) is 1. The maximum absolute atomic E-state index is 12.3. The Morgan fingerprint density at radius 1 is 1.47 bits per heavy atom. The fourth-order valence-electron chi connectivity index (χ4n) is 2.39. The van der Waals surface area contributed by atoms with Crippen LogP contribution in [0.3, 0.4) is 0 Å². The van der Waals surface area contributed by atoms with Gasteiger partial charge in [0.1, 0.15) is 0 Å². The van der Waals surface area contributed by atoms with E-state index in [-0.39, 0.29) is 18.4 Å². The van der Waals surface area contributed by atoms with Crippen molar-refractivity contribution in [1.82, 2.24) is 10.2 Å². The summed E-state index contributed by atoms with van der Waals surface area (Å²) in [5.41, 5.74) is -0.615. The van der Waals surface area contributed by atoms with Gasteiger partial charge in [-0.25, -0.2) is 0 Å². The number of carbonyl (C=O) groups excluding carboxylic acids is 1. The van der Waals surface area contributed by atoms with Crippen LogP contribution in [0.5, 0.6) is 0 Å². The smallest absolute Gasteiger partial charge is 0.305 e. The molecule has 2 N–H and O–H groups in total. The average molecular weight is 242 g/mol. The van der Waals surface area contributed by atoms with E-state index in [1.807, 2.05) is 20.8 Å². The summed E-state index contributed by atoms with van der Waals surface area (Å²) in [4.78, 5) is 24.8. The molecule has 0 saturated carbocycles. The molecule has 0 aromatic rings. The lowest BCUT2D eigenvalue weighted by Gasteiger charge is -2.33. The van der Waals surface area contributed by atoms with Crippen molar-refractivity contribution in [1.29, 1.82) is 0 Å². The van der Waals surface area contributed by atoms with Crippen molar-refractivity contribution in [2.75, 3.05) is 13.1 Å². The molecule has 1 rings (SSSR count). The zero-order valence-corrected chi connectivity index (χ0v) is 10.8. The van der Waals surface area contributed by atoms with Crippen molar-refractivity contribution < 1.29 is 14.7 Å². The number of carboxylic acids is 1. The maximum Gasteiger partial charge on any atom is 0.305 e. The first-order valence-electron chi connectivity index (χ1n) is 6.16. The Morgan fingerprint density at radius 2 is 2.12 bits per heavy atom. The van der Waals surface area contributed by atoms with Gasteiger partial charge in [-0.1, -0.05) is 6.92 Å². The number of amides is 1. The maximum atomic E-state index is 12.3. The molecule has 1 aliphatic heterocycles. The van der Waals surface area contributed by atoms with Gasteiger partial charge < -0.3 is 15.3 Å². The Balaban J connectivity index is 2.70. The van der Waals surface area contributed by atoms with E-state index in [9.17, 15) is 9.59 Å². The Hall–Kier alpha value is -1.10. The molecular weight excluding hydrogens is 220 g/mol. The average Bonchev–Trinajstić information content (AvgIpc) is 2.63. The minimum atomic E-state index is -0.837. The summed E-state index contributed by atoms with van der Waals surface area (Å²) in [5.74, 6) is -0.834. The Kier molecular flexibility index (Phi) is 4.51. The van der Waals surface area contributed by atoms with Crippen LogP contribution in [0, 0.1) is 0 Å². The zero-order valence-electron chi connectivity index (χ0n) is 10.8. The van der Waals surface area contributed by atoms with E-state index in [1.165, 1.54) is 0 Å². The summed E-state index contributed by atoms with van der Waals surface area (Å²) < 4.78 is 0. The molecule has 0 bridgehead atoms. The molecule has 0 aromatic carbocycles. The molecule has 1 aliphatic rings. The molecule has 17 heavy (non-hydrogen) atoms. The van der Waals surface area contributed by atoms with E-state index in [2.05, 4.69) is 5.32 Å². The standard InChI is InChI=1S/C12H22N2O3/c1-4-13-12(2,3)11(17)14-7-5-6-9(14)8-10(15)16/h9,13H,4-8H2,1-3H3,(H,15,16). The van der Waals surface area contributed by atoms with Crippen LogP contribution in [-0.2, 0) is 9.59 Å². The summed E-state index contributed by atoms with van der Waals surface area (Å²) in [6.07, 6.45) is 1.74. The molecule has 0 spiro atoms. The van der Waals surface area contributed by atoms with Crippen LogP contribution in [-0.4, -0.2) is 46.6 Å². The molecule has 1 amide bonds. The molecule has 1 fully saturated rings. The first kappa shape index (κ1) is 14.0. The minimum Gasteiger partial charge on any atom is -0.481 e. The highest BCUT2D eigenvalue weighted by Crippen LogP contribution is 2.23. The summed E-state index contributed by atoms with van der Waals surface area (Å²) >= 11 is 0. The van der Waals surface area contributed by atoms with Gasteiger partial charge in [-0.05, 0) is 33.2 Å². The largest absolute Gasteiger partial charge is 0.481 e. The summed E-state index contributed by atoms with van der Waals surface area (Å²) in [7, 11) is 0. The predicted octanol–water partition coefficient (Wildman–Crippen LogP) is 0.840. The van der Waals surface area contributed by atoms with Gasteiger partial charge in [-0.3, -0.25) is 9.59 Å². The molecule has 1 heterocycles. The lowest BCUT2D eigenvalue weighted by molar-refractivity contribution is -0.142. The molecule has 1 unspecified atom stereocenters. The number of carbonyl (C=O) groups is 2. The van der Waals surface area contributed by atoms with Crippen molar-refractivity contribution in [2.45, 2.75) is 51.6 Å². The van der Waals surface area contributed by atoms with E-state index in [0.717, 1.165) is 19.4 Å². The molecule has 0 radical (unpaired) electrons. The SMILES string of the molecule is CCNC(C)(C)C(=O)N1CCCC1CC(=O)O. The third kappa shape index (κ3) is 3.43. The highest BCUT2D eigenvalue weighted by atomic mass is 16.4. The lowest BCUT2D eigenvalue weighted by atomic mass is 10.0. The van der Waals surface area contributed by atoms with Crippen molar-refractivity contribution in [3.05, 3.63) is 0 Å². The fraction of sp³-hybridized carbons (Fsp3) is 0.833. The molecule has 5 heteroatoms. The van der Waals surface area contributed by atoms with Gasteiger partial charge in [0.2, 0.25) is 5.91 Å². The van der Waals surface area contributed by atoms with E-state index < -0.39 is 11.5 Å². The van der Waals surface area contributed by atoms with Crippen LogP contribution in [0.1, 0.15) is 40.0 Å². The lowest BCUT2D eigenvalue weighted by Crippen LogP contribution is -2.55. The fourth-order valence-corrected chi connectivity index (χ4v) is 2.39. The molecule has 1 saturated heterocycles. The Morgan fingerprint density at radius 3 is 2.65 bits per heavy atom. The number of nitrogens with one attached hydrogen (secondary N) is 1. The van der Waals surface area contributed by atoms with Gasteiger partial charge in [0.25, 0.3) is 0 Å². The Bertz CT molecular complexity index is 302. The number of hydrogen-bond acceptors (Lipinski definition) is 3. The quantitative estimate of drug-likeness (QED) is 0.749. The molecule has 1 atom stereocenters. The minimum absolute atomic E-state index is 0.00287. The topological polar surface area (TPSA) is 69.6 Å². The van der Waals surface area contributed by atoms with Gasteiger partial charge in [0.05, 0.1) is 12.0 Å². The normalized spacial score (nSPS) is 20.6. The molecule has 0 aliphatic carbocycles. The van der Waals surface area contributed by atoms with Crippen LogP contribution in [0.15, 0.2) is 0 Å². The van der Waals surface area contributed by atoms with E-state index in [4.69, 9.17) is 5.11 Å². The predicted molar refractivity (Wildman–Crippen MR) is 64.7 cm³/mol.